The number of hydrogen-bond acceptors (Lipinski definition) is 4. The first kappa shape index (κ1) is 22.9. The number of halogens is 2. The van der Waals surface area contributed by atoms with Gasteiger partial charge in [-0.2, -0.15) is 5.26 Å². The van der Waals surface area contributed by atoms with Crippen LogP contribution in [0.5, 0.6) is 0 Å². The van der Waals surface area contributed by atoms with E-state index in [0.717, 1.165) is 27.2 Å². The molecule has 0 spiro atoms. The molecule has 32 heavy (non-hydrogen) atoms. The third kappa shape index (κ3) is 4.94. The van der Waals surface area contributed by atoms with Crippen LogP contribution >= 0.6 is 0 Å². The molecule has 1 heterocycles. The van der Waals surface area contributed by atoms with Gasteiger partial charge in [-0.1, -0.05) is 17.7 Å². The van der Waals surface area contributed by atoms with Crippen molar-refractivity contribution in [1.29, 1.82) is 5.26 Å². The third-order valence-electron chi connectivity index (χ3n) is 5.04. The number of aryl methyl sites for hydroxylation is 3. The summed E-state index contributed by atoms with van der Waals surface area (Å²) in [4.78, 5) is 11.5. The highest BCUT2D eigenvalue weighted by atomic mass is 19.2. The lowest BCUT2D eigenvalue weighted by molar-refractivity contribution is 0.658. The number of aliphatic imine (C=N–C) groups is 1. The van der Waals surface area contributed by atoms with Gasteiger partial charge in [-0.3, -0.25) is 8.63 Å². The number of pyridine rings is 1. The monoisotopic (exact) mass is 431 g/mol. The third-order valence-corrected chi connectivity index (χ3v) is 5.04. The summed E-state index contributed by atoms with van der Waals surface area (Å²) >= 11 is 0. The van der Waals surface area contributed by atoms with E-state index in [2.05, 4.69) is 9.98 Å². The van der Waals surface area contributed by atoms with Gasteiger partial charge in [-0.05, 0) is 62.2 Å². The smallest absolute Gasteiger partial charge is 0.378 e. The van der Waals surface area contributed by atoms with Crippen molar-refractivity contribution in [2.24, 2.45) is 4.99 Å². The maximum Gasteiger partial charge on any atom is 0.679 e. The van der Waals surface area contributed by atoms with E-state index >= 15 is 0 Å². The van der Waals surface area contributed by atoms with Crippen molar-refractivity contribution in [1.82, 2.24) is 4.98 Å². The predicted octanol–water partition coefficient (Wildman–Crippen LogP) is 5.45. The highest BCUT2D eigenvalue weighted by molar-refractivity contribution is 6.57. The molecule has 0 saturated heterocycles. The highest BCUT2D eigenvalue weighted by Crippen LogP contribution is 2.31. The zero-order chi connectivity index (χ0) is 23.4. The number of hydrogen-bond donors (Lipinski definition) is 0. The second-order valence-corrected chi connectivity index (χ2v) is 7.79. The van der Waals surface area contributed by atoms with Gasteiger partial charge >= 0.3 is 7.40 Å². The first-order valence-corrected chi connectivity index (χ1v) is 10.1. The number of nitrogens with zero attached hydrogens (tertiary/aromatic N) is 5. The molecule has 3 aromatic rings. The van der Waals surface area contributed by atoms with E-state index in [1.54, 1.807) is 18.2 Å². The number of amidine groups is 1. The SMILES string of the molecule is Cc1cc(C)c(N(B(F)F)C(=Nc2cc(C#N)ccn2)c2ccc(N(C)C)cc2)c(C)c1. The molecule has 0 aliphatic carbocycles. The molecule has 1 aromatic heterocycles. The Balaban J connectivity index is 2.26. The fraction of sp³-hybridized carbons (Fsp3) is 0.208. The standard InChI is InChI=1S/C24H24BF2N5/c1-16-12-17(2)23(18(3)13-16)32(25(26)27)24(20-6-8-21(9-7-20)31(4)5)30-22-14-19(15-28)10-11-29-22/h6-14H,1-5H3. The topological polar surface area (TPSA) is 55.5 Å². The molecule has 0 aliphatic rings. The normalized spacial score (nSPS) is 11.1. The van der Waals surface area contributed by atoms with Crippen LogP contribution in [0.3, 0.4) is 0 Å². The first-order chi connectivity index (χ1) is 15.2. The summed E-state index contributed by atoms with van der Waals surface area (Å²) in [5.74, 6) is 0.242. The minimum absolute atomic E-state index is 0.0583. The molecular formula is C24H24BF2N5. The van der Waals surface area contributed by atoms with Crippen LogP contribution in [0.1, 0.15) is 27.8 Å². The number of rotatable bonds is 5. The fourth-order valence-electron chi connectivity index (χ4n) is 3.67. The van der Waals surface area contributed by atoms with Gasteiger partial charge in [0.1, 0.15) is 5.84 Å². The molecule has 162 valence electrons. The van der Waals surface area contributed by atoms with Crippen molar-refractivity contribution in [2.75, 3.05) is 23.8 Å². The van der Waals surface area contributed by atoms with Crippen LogP contribution in [0.15, 0.2) is 59.7 Å². The first-order valence-electron chi connectivity index (χ1n) is 10.1. The lowest BCUT2D eigenvalue weighted by Crippen LogP contribution is -2.40. The van der Waals surface area contributed by atoms with E-state index in [1.165, 1.54) is 12.3 Å². The molecule has 3 rings (SSSR count). The molecule has 0 radical (unpaired) electrons. The van der Waals surface area contributed by atoms with E-state index in [9.17, 15) is 13.9 Å². The maximum atomic E-state index is 14.6. The maximum absolute atomic E-state index is 14.6. The van der Waals surface area contributed by atoms with Gasteiger partial charge in [0.05, 0.1) is 11.6 Å². The Bertz CT molecular complexity index is 1160. The molecule has 5 nitrogen and oxygen atoms in total. The number of anilines is 2. The molecule has 0 saturated carbocycles. The molecular weight excluding hydrogens is 407 g/mol. The highest BCUT2D eigenvalue weighted by Gasteiger charge is 2.33. The van der Waals surface area contributed by atoms with Crippen LogP contribution in [0.25, 0.3) is 0 Å². The molecule has 0 aliphatic heterocycles. The van der Waals surface area contributed by atoms with Gasteiger partial charge in [-0.15, -0.1) is 0 Å². The van der Waals surface area contributed by atoms with Crippen LogP contribution in [-0.4, -0.2) is 32.3 Å². The minimum atomic E-state index is -2.85. The van der Waals surface area contributed by atoms with Crippen molar-refractivity contribution in [3.05, 3.63) is 82.5 Å². The summed E-state index contributed by atoms with van der Waals surface area (Å²) in [5.41, 5.74) is 4.64. The minimum Gasteiger partial charge on any atom is -0.378 e. The molecule has 0 atom stereocenters. The fourth-order valence-corrected chi connectivity index (χ4v) is 3.67. The quantitative estimate of drug-likeness (QED) is 0.306. The summed E-state index contributed by atoms with van der Waals surface area (Å²) in [6.45, 7) is 5.56. The van der Waals surface area contributed by atoms with Crippen molar-refractivity contribution < 1.29 is 8.63 Å². The summed E-state index contributed by atoms with van der Waals surface area (Å²) in [7, 11) is 0.971. The Hall–Kier alpha value is -3.73. The number of benzene rings is 2. The second kappa shape index (κ2) is 9.61. The molecule has 0 N–H and O–H groups in total. The Kier molecular flexibility index (Phi) is 6.89. The van der Waals surface area contributed by atoms with Gasteiger partial charge in [0, 0.05) is 43.3 Å². The Morgan fingerprint density at radius 2 is 1.62 bits per heavy atom. The van der Waals surface area contributed by atoms with Crippen molar-refractivity contribution in [3.63, 3.8) is 0 Å². The summed E-state index contributed by atoms with van der Waals surface area (Å²) in [6.07, 6.45) is 1.44. The molecule has 0 unspecified atom stereocenters. The predicted molar refractivity (Wildman–Crippen MR) is 127 cm³/mol. The van der Waals surface area contributed by atoms with Crippen molar-refractivity contribution in [2.45, 2.75) is 20.8 Å². The Morgan fingerprint density at radius 1 is 1.00 bits per heavy atom. The summed E-state index contributed by atoms with van der Waals surface area (Å²) in [5, 5.41) is 9.21. The van der Waals surface area contributed by atoms with Gasteiger partial charge in [0.15, 0.2) is 5.82 Å². The van der Waals surface area contributed by atoms with E-state index < -0.39 is 7.40 Å². The van der Waals surface area contributed by atoms with Gasteiger partial charge in [0.25, 0.3) is 0 Å². The van der Waals surface area contributed by atoms with Crippen LogP contribution in [0, 0.1) is 32.1 Å². The Morgan fingerprint density at radius 3 is 2.16 bits per heavy atom. The molecule has 0 fully saturated rings. The lowest BCUT2D eigenvalue weighted by atomic mass is 9.97. The van der Waals surface area contributed by atoms with Crippen LogP contribution < -0.4 is 9.71 Å². The molecule has 2 aromatic carbocycles. The largest absolute Gasteiger partial charge is 0.679 e. The zero-order valence-corrected chi connectivity index (χ0v) is 18.8. The lowest BCUT2D eigenvalue weighted by Gasteiger charge is -2.28. The van der Waals surface area contributed by atoms with Gasteiger partial charge in [0.2, 0.25) is 0 Å². The van der Waals surface area contributed by atoms with E-state index in [4.69, 9.17) is 0 Å². The molecule has 8 heteroatoms. The van der Waals surface area contributed by atoms with E-state index in [0.29, 0.717) is 16.8 Å². The van der Waals surface area contributed by atoms with E-state index in [-0.39, 0.29) is 11.7 Å². The van der Waals surface area contributed by atoms with Crippen LogP contribution in [0.4, 0.5) is 25.8 Å². The van der Waals surface area contributed by atoms with Gasteiger partial charge in [-0.25, -0.2) is 9.98 Å². The number of nitriles is 1. The summed E-state index contributed by atoms with van der Waals surface area (Å²) in [6, 6.07) is 16.0. The molecule has 0 amide bonds. The van der Waals surface area contributed by atoms with Crippen LogP contribution in [-0.2, 0) is 0 Å². The average Bonchev–Trinajstić information content (AvgIpc) is 2.75. The second-order valence-electron chi connectivity index (χ2n) is 7.79. The average molecular weight is 431 g/mol. The molecule has 0 bridgehead atoms. The zero-order valence-electron chi connectivity index (χ0n) is 18.8. The summed E-state index contributed by atoms with van der Waals surface area (Å²) < 4.78 is 29.2. The van der Waals surface area contributed by atoms with Crippen molar-refractivity contribution in [3.8, 4) is 6.07 Å². The Labute approximate surface area is 187 Å². The van der Waals surface area contributed by atoms with Crippen molar-refractivity contribution >= 4 is 30.4 Å². The van der Waals surface area contributed by atoms with E-state index in [1.807, 2.05) is 70.1 Å². The van der Waals surface area contributed by atoms with Gasteiger partial charge < -0.3 is 9.71 Å². The number of aromatic nitrogens is 1. The van der Waals surface area contributed by atoms with Crippen LogP contribution in [0.2, 0.25) is 0 Å².